The van der Waals surface area contributed by atoms with E-state index in [1.165, 1.54) is 11.3 Å². The van der Waals surface area contributed by atoms with E-state index in [1.807, 2.05) is 25.3 Å². The van der Waals surface area contributed by atoms with Gasteiger partial charge in [-0.15, -0.1) is 11.3 Å². The lowest BCUT2D eigenvalue weighted by Gasteiger charge is -2.41. The molecule has 0 aromatic carbocycles. The van der Waals surface area contributed by atoms with Gasteiger partial charge in [-0.2, -0.15) is 9.78 Å². The summed E-state index contributed by atoms with van der Waals surface area (Å²) in [4.78, 5) is 40.9. The molecule has 1 saturated carbocycles. The summed E-state index contributed by atoms with van der Waals surface area (Å²) < 4.78 is 34.3. The van der Waals surface area contributed by atoms with Gasteiger partial charge in [0.1, 0.15) is 16.2 Å². The largest absolute Gasteiger partial charge is 0.432 e. The number of halogens is 2. The molecule has 1 unspecified atom stereocenters. The Balaban J connectivity index is 1.38. The van der Waals surface area contributed by atoms with Gasteiger partial charge in [-0.05, 0) is 42.8 Å². The van der Waals surface area contributed by atoms with Crippen LogP contribution in [0.3, 0.4) is 0 Å². The highest BCUT2D eigenvalue weighted by molar-refractivity contribution is 7.16. The number of carbonyl (C=O) groups excluding carboxylic acids is 2. The highest BCUT2D eigenvalue weighted by Crippen LogP contribution is 2.42. The first-order valence-corrected chi connectivity index (χ1v) is 13.1. The number of fused-ring (bicyclic) bond motifs is 3. The van der Waals surface area contributed by atoms with Crippen molar-refractivity contribution in [3.05, 3.63) is 33.7 Å². The SMILES string of the molecule is CC(C)c1nn([C@H](OC=O)C(=O)NC2CCCN(CC3CC(F)(F)C3)C2)c(=O)c2cc3ccsc3n12. The smallest absolute Gasteiger partial charge is 0.295 e. The average molecular weight is 522 g/mol. The second kappa shape index (κ2) is 9.55. The molecule has 0 bridgehead atoms. The summed E-state index contributed by atoms with van der Waals surface area (Å²) in [5.74, 6) is -2.76. The van der Waals surface area contributed by atoms with Crippen molar-refractivity contribution in [3.8, 4) is 0 Å². The summed E-state index contributed by atoms with van der Waals surface area (Å²) in [6.45, 7) is 5.86. The lowest BCUT2D eigenvalue weighted by Crippen LogP contribution is -2.52. The van der Waals surface area contributed by atoms with Gasteiger partial charge in [-0.25, -0.2) is 8.78 Å². The zero-order chi connectivity index (χ0) is 25.6. The maximum absolute atomic E-state index is 13.4. The van der Waals surface area contributed by atoms with Crippen LogP contribution >= 0.6 is 11.3 Å². The lowest BCUT2D eigenvalue weighted by molar-refractivity contribution is -0.153. The van der Waals surface area contributed by atoms with E-state index in [9.17, 15) is 23.2 Å². The first-order chi connectivity index (χ1) is 17.2. The predicted octanol–water partition coefficient (Wildman–Crippen LogP) is 3.13. The van der Waals surface area contributed by atoms with E-state index in [1.54, 1.807) is 10.5 Å². The number of hydrogen-bond donors (Lipinski definition) is 1. The molecule has 4 heterocycles. The van der Waals surface area contributed by atoms with E-state index in [-0.39, 0.29) is 37.2 Å². The Morgan fingerprint density at radius 2 is 2.17 bits per heavy atom. The average Bonchev–Trinajstić information content (AvgIpc) is 3.39. The van der Waals surface area contributed by atoms with Crippen molar-refractivity contribution in [2.45, 2.75) is 63.6 Å². The molecule has 1 amide bonds. The number of likely N-dealkylation sites (tertiary alicyclic amines) is 1. The molecule has 3 aromatic heterocycles. The Labute approximate surface area is 210 Å². The normalized spacial score (nSPS) is 21.5. The number of aromatic nitrogens is 3. The molecular weight excluding hydrogens is 492 g/mol. The van der Waals surface area contributed by atoms with Crippen molar-refractivity contribution in [3.63, 3.8) is 0 Å². The number of carbonyl (C=O) groups is 2. The monoisotopic (exact) mass is 521 g/mol. The molecule has 1 saturated heterocycles. The second-order valence-corrected chi connectivity index (χ2v) is 11.0. The number of amides is 1. The maximum Gasteiger partial charge on any atom is 0.295 e. The van der Waals surface area contributed by atoms with Crippen LogP contribution in [0, 0.1) is 5.92 Å². The van der Waals surface area contributed by atoms with Crippen molar-refractivity contribution in [1.29, 1.82) is 0 Å². The topological polar surface area (TPSA) is 97.9 Å². The molecule has 1 aliphatic heterocycles. The third kappa shape index (κ3) is 4.63. The predicted molar refractivity (Wildman–Crippen MR) is 130 cm³/mol. The van der Waals surface area contributed by atoms with Gasteiger partial charge in [0.15, 0.2) is 0 Å². The van der Waals surface area contributed by atoms with Gasteiger partial charge in [0.05, 0.1) is 0 Å². The molecule has 1 N–H and O–H groups in total. The van der Waals surface area contributed by atoms with Crippen LogP contribution in [0.5, 0.6) is 0 Å². The van der Waals surface area contributed by atoms with E-state index in [2.05, 4.69) is 15.3 Å². The molecule has 2 aliphatic rings. The van der Waals surface area contributed by atoms with E-state index in [4.69, 9.17) is 4.74 Å². The summed E-state index contributed by atoms with van der Waals surface area (Å²) in [5, 5.41) is 10.2. The number of nitrogens with one attached hydrogen (secondary N) is 1. The van der Waals surface area contributed by atoms with Gasteiger partial charge < -0.3 is 15.0 Å². The molecule has 9 nitrogen and oxygen atoms in total. The van der Waals surface area contributed by atoms with E-state index in [0.29, 0.717) is 30.9 Å². The van der Waals surface area contributed by atoms with Crippen molar-refractivity contribution >= 4 is 39.4 Å². The van der Waals surface area contributed by atoms with Crippen molar-refractivity contribution in [1.82, 2.24) is 24.4 Å². The molecule has 194 valence electrons. The quantitative estimate of drug-likeness (QED) is 0.458. The van der Waals surface area contributed by atoms with E-state index >= 15 is 0 Å². The molecule has 3 aromatic rings. The summed E-state index contributed by atoms with van der Waals surface area (Å²) in [6, 6.07) is 3.40. The van der Waals surface area contributed by atoms with Crippen LogP contribution in [0.4, 0.5) is 8.78 Å². The van der Waals surface area contributed by atoms with E-state index < -0.39 is 23.6 Å². The Kier molecular flexibility index (Phi) is 6.58. The zero-order valence-corrected chi connectivity index (χ0v) is 21.0. The first-order valence-electron chi connectivity index (χ1n) is 12.2. The second-order valence-electron chi connectivity index (χ2n) is 10.1. The summed E-state index contributed by atoms with van der Waals surface area (Å²) in [6.07, 6.45) is -0.253. The van der Waals surface area contributed by atoms with Crippen molar-refractivity contribution < 1.29 is 23.1 Å². The van der Waals surface area contributed by atoms with Crippen LogP contribution in [0.15, 0.2) is 22.3 Å². The first kappa shape index (κ1) is 24.8. The Hall–Kier alpha value is -2.86. The number of alkyl halides is 2. The minimum absolute atomic E-state index is 0.0405. The van der Waals surface area contributed by atoms with Crippen LogP contribution in [-0.4, -0.2) is 63.1 Å². The zero-order valence-electron chi connectivity index (χ0n) is 20.2. The Morgan fingerprint density at radius 1 is 1.39 bits per heavy atom. The summed E-state index contributed by atoms with van der Waals surface area (Å²) in [7, 11) is 0. The van der Waals surface area contributed by atoms with Crippen LogP contribution in [-0.2, 0) is 14.3 Å². The van der Waals surface area contributed by atoms with Crippen LogP contribution < -0.4 is 10.9 Å². The fourth-order valence-corrected chi connectivity index (χ4v) is 6.24. The number of nitrogens with zero attached hydrogens (tertiary/aromatic N) is 4. The van der Waals surface area contributed by atoms with Crippen molar-refractivity contribution in [2.24, 2.45) is 5.92 Å². The standard InChI is InChI=1S/C24H29F2N5O4S/c1-14(2)19-28-31(21(34)18-8-16-5-7-36-23(16)30(18)19)22(35-13-32)20(33)27-17-4-3-6-29(12-17)11-15-9-24(25,26)10-15/h5,7-8,13-15,17,22H,3-4,6,9-12H2,1-2H3,(H,27,33)/t17?,22-/m1/s1. The molecule has 2 atom stereocenters. The van der Waals surface area contributed by atoms with Crippen molar-refractivity contribution in [2.75, 3.05) is 19.6 Å². The number of hydrogen-bond acceptors (Lipinski definition) is 7. The minimum atomic E-state index is -2.56. The Morgan fingerprint density at radius 3 is 2.86 bits per heavy atom. The van der Waals surface area contributed by atoms with Crippen LogP contribution in [0.25, 0.3) is 15.7 Å². The molecule has 2 fully saturated rings. The van der Waals surface area contributed by atoms with E-state index in [0.717, 1.165) is 27.9 Å². The third-order valence-electron chi connectivity index (χ3n) is 6.97. The van der Waals surface area contributed by atoms with Gasteiger partial charge in [0, 0.05) is 43.3 Å². The number of thiophene rings is 1. The molecule has 12 heteroatoms. The van der Waals surface area contributed by atoms with Gasteiger partial charge in [0.25, 0.3) is 24.2 Å². The highest BCUT2D eigenvalue weighted by Gasteiger charge is 2.45. The molecule has 1 aliphatic carbocycles. The summed E-state index contributed by atoms with van der Waals surface area (Å²) >= 11 is 1.49. The van der Waals surface area contributed by atoms with Gasteiger partial charge in [-0.3, -0.25) is 18.8 Å². The Bertz CT molecular complexity index is 1340. The fourth-order valence-electron chi connectivity index (χ4n) is 5.33. The van der Waals surface area contributed by atoms with Gasteiger partial charge >= 0.3 is 0 Å². The number of ether oxygens (including phenoxy) is 1. The van der Waals surface area contributed by atoms with Gasteiger partial charge in [-0.1, -0.05) is 13.8 Å². The molecule has 0 spiro atoms. The molecule has 5 rings (SSSR count). The highest BCUT2D eigenvalue weighted by atomic mass is 32.1. The third-order valence-corrected chi connectivity index (χ3v) is 7.88. The summed E-state index contributed by atoms with van der Waals surface area (Å²) in [5.41, 5.74) is -0.190. The lowest BCUT2D eigenvalue weighted by atomic mass is 9.80. The molecule has 36 heavy (non-hydrogen) atoms. The molecular formula is C24H29F2N5O4S. The fraction of sp³-hybridized carbons (Fsp3) is 0.583. The molecule has 0 radical (unpaired) electrons. The number of rotatable bonds is 8. The minimum Gasteiger partial charge on any atom is -0.432 e. The van der Waals surface area contributed by atoms with Crippen LogP contribution in [0.2, 0.25) is 0 Å². The van der Waals surface area contributed by atoms with Crippen LogP contribution in [0.1, 0.15) is 57.5 Å². The maximum atomic E-state index is 13.4. The number of piperidine rings is 1. The van der Waals surface area contributed by atoms with Gasteiger partial charge in [0.2, 0.25) is 5.92 Å².